The van der Waals surface area contributed by atoms with Crippen molar-refractivity contribution in [2.75, 3.05) is 34.4 Å². The molecule has 19 nitrogen and oxygen atoms in total. The van der Waals surface area contributed by atoms with Crippen LogP contribution in [0.15, 0.2) is 76.3 Å². The van der Waals surface area contributed by atoms with Gasteiger partial charge in [-0.2, -0.15) is 9.97 Å². The van der Waals surface area contributed by atoms with Crippen LogP contribution >= 0.6 is 55.1 Å². The third-order valence-electron chi connectivity index (χ3n) is 9.78. The van der Waals surface area contributed by atoms with Gasteiger partial charge in [-0.15, -0.1) is 0 Å². The molecule has 25 heteroatoms. The third-order valence-corrected chi connectivity index (χ3v) is 11.6. The Balaban J connectivity index is 0.000000309. The van der Waals surface area contributed by atoms with Crippen LogP contribution < -0.4 is 51.5 Å². The van der Waals surface area contributed by atoms with Crippen LogP contribution in [0.1, 0.15) is 78.1 Å². The van der Waals surface area contributed by atoms with Crippen molar-refractivity contribution >= 4 is 91.3 Å². The summed E-state index contributed by atoms with van der Waals surface area (Å²) in [4.78, 5) is 33.0. The molecule has 0 unspecified atom stereocenters. The monoisotopic (exact) mass is 1090 g/mol. The van der Waals surface area contributed by atoms with Crippen LogP contribution in [-0.4, -0.2) is 127 Å². The van der Waals surface area contributed by atoms with Gasteiger partial charge in [0.1, 0.15) is 16.8 Å². The number of halogens is 4. The molecule has 360 valence electrons. The summed E-state index contributed by atoms with van der Waals surface area (Å²) in [5, 5.41) is 58.0. The van der Waals surface area contributed by atoms with Gasteiger partial charge in [-0.3, -0.25) is 9.97 Å². The SMILES string of the molecule is CCCCNc1ncc(-c2ccccn2)c(NC2CC(O)C2)n1.CCCCNc1ncc(Br)c(NC2CC(O)C2)n1.Clc1ncc(Br)c(Cl)n1.NC1CC(O)C1.OB(O)c1ccccn1.[Li+].[OH-]. The van der Waals surface area contributed by atoms with Crippen molar-refractivity contribution in [3.63, 3.8) is 0 Å². The molecule has 0 aromatic carbocycles. The first-order valence-corrected chi connectivity index (χ1v) is 23.8. The predicted octanol–water partition coefficient (Wildman–Crippen LogP) is 2.68. The minimum absolute atomic E-state index is 0. The fourth-order valence-corrected chi connectivity index (χ4v) is 6.68. The molecule has 3 saturated carbocycles. The molecule has 0 amide bonds. The molecule has 67 heavy (non-hydrogen) atoms. The van der Waals surface area contributed by atoms with Gasteiger partial charge in [0.05, 0.1) is 44.1 Å². The largest absolute Gasteiger partial charge is 1.00 e. The van der Waals surface area contributed by atoms with Crippen molar-refractivity contribution in [3.05, 3.63) is 86.8 Å². The molecule has 5 aromatic rings. The van der Waals surface area contributed by atoms with Crippen LogP contribution in [0.25, 0.3) is 11.3 Å². The van der Waals surface area contributed by atoms with Gasteiger partial charge in [-0.1, -0.05) is 50.4 Å². The summed E-state index contributed by atoms with van der Waals surface area (Å²) in [7, 11) is -1.45. The van der Waals surface area contributed by atoms with Crippen LogP contribution in [0.5, 0.6) is 0 Å². The Labute approximate surface area is 430 Å². The maximum atomic E-state index is 9.48. The van der Waals surface area contributed by atoms with Crippen molar-refractivity contribution < 1.29 is 49.7 Å². The van der Waals surface area contributed by atoms with Gasteiger partial charge in [0.2, 0.25) is 17.2 Å². The Morgan fingerprint density at radius 1 is 0.672 bits per heavy atom. The number of nitrogens with zero attached hydrogens (tertiary/aromatic N) is 8. The van der Waals surface area contributed by atoms with Gasteiger partial charge in [0.25, 0.3) is 0 Å². The van der Waals surface area contributed by atoms with Crippen LogP contribution in [0, 0.1) is 0 Å². The van der Waals surface area contributed by atoms with Crippen molar-refractivity contribution in [2.24, 2.45) is 5.73 Å². The Morgan fingerprint density at radius 3 is 1.60 bits per heavy atom. The minimum atomic E-state index is -1.45. The molecule has 0 saturated heterocycles. The number of aliphatic hydroxyl groups excluding tert-OH is 3. The van der Waals surface area contributed by atoms with Gasteiger partial charge in [-0.05, 0) is 119 Å². The number of aliphatic hydroxyl groups is 3. The zero-order valence-corrected chi connectivity index (χ0v) is 42.4. The molecule has 5 heterocycles. The summed E-state index contributed by atoms with van der Waals surface area (Å²) >= 11 is 17.5. The smallest absolute Gasteiger partial charge is 0.870 e. The summed E-state index contributed by atoms with van der Waals surface area (Å²) in [6.45, 7) is 6.06. The van der Waals surface area contributed by atoms with E-state index in [4.69, 9.17) is 44.1 Å². The van der Waals surface area contributed by atoms with E-state index in [1.807, 2.05) is 18.2 Å². The van der Waals surface area contributed by atoms with E-state index in [0.717, 1.165) is 105 Å². The number of anilines is 4. The van der Waals surface area contributed by atoms with Crippen molar-refractivity contribution in [2.45, 2.75) is 114 Å². The zero-order valence-electron chi connectivity index (χ0n) is 37.7. The molecular formula is C42H59BBr2Cl2LiN13O6. The van der Waals surface area contributed by atoms with Crippen LogP contribution in [-0.2, 0) is 0 Å². The zero-order chi connectivity index (χ0) is 47.1. The fourth-order valence-electron chi connectivity index (χ4n) is 5.88. The van der Waals surface area contributed by atoms with E-state index in [0.29, 0.717) is 33.6 Å². The first-order valence-electron chi connectivity index (χ1n) is 21.5. The number of nitrogens with one attached hydrogen (secondary N) is 4. The Kier molecular flexibility index (Phi) is 29.0. The second kappa shape index (κ2) is 32.5. The van der Waals surface area contributed by atoms with Crippen molar-refractivity contribution in [1.29, 1.82) is 0 Å². The summed E-state index contributed by atoms with van der Waals surface area (Å²) < 4.78 is 1.50. The number of hydrogen-bond donors (Lipinski definition) is 10. The van der Waals surface area contributed by atoms with E-state index in [1.54, 1.807) is 36.8 Å². The van der Waals surface area contributed by atoms with Gasteiger partial charge in [0.15, 0.2) is 0 Å². The van der Waals surface area contributed by atoms with Gasteiger partial charge in [-0.25, -0.2) is 19.9 Å². The molecule has 0 atom stereocenters. The fraction of sp³-hybridized carbons (Fsp3) is 0.476. The molecule has 8 rings (SSSR count). The first-order chi connectivity index (χ1) is 31.2. The Hall–Kier alpha value is -3.34. The van der Waals surface area contributed by atoms with E-state index in [9.17, 15) is 10.2 Å². The van der Waals surface area contributed by atoms with Crippen molar-refractivity contribution in [1.82, 2.24) is 39.9 Å². The van der Waals surface area contributed by atoms with E-state index in [-0.39, 0.29) is 59.6 Å². The molecule has 12 N–H and O–H groups in total. The van der Waals surface area contributed by atoms with Crippen LogP contribution in [0.3, 0.4) is 0 Å². The number of pyridine rings is 2. The topological polar surface area (TPSA) is 308 Å². The van der Waals surface area contributed by atoms with Crippen molar-refractivity contribution in [3.8, 4) is 11.3 Å². The number of nitrogens with two attached hydrogens (primary N) is 1. The Bertz CT molecular complexity index is 2120. The number of rotatable bonds is 14. The summed E-state index contributed by atoms with van der Waals surface area (Å²) in [5.41, 5.74) is 7.31. The second-order valence-electron chi connectivity index (χ2n) is 15.3. The summed E-state index contributed by atoms with van der Waals surface area (Å²) in [6, 6.07) is 11.6. The van der Waals surface area contributed by atoms with Gasteiger partial charge in [0, 0.05) is 62.2 Å². The first kappa shape index (κ1) is 59.8. The molecule has 3 aliphatic rings. The van der Waals surface area contributed by atoms with E-state index in [2.05, 4.69) is 107 Å². The molecule has 0 radical (unpaired) electrons. The van der Waals surface area contributed by atoms with E-state index < -0.39 is 7.12 Å². The summed E-state index contributed by atoms with van der Waals surface area (Å²) in [6.07, 6.45) is 17.0. The molecule has 0 aliphatic heterocycles. The third kappa shape index (κ3) is 22.3. The van der Waals surface area contributed by atoms with Gasteiger partial charge < -0.3 is 57.8 Å². The Morgan fingerprint density at radius 2 is 1.18 bits per heavy atom. The van der Waals surface area contributed by atoms with Crippen LogP contribution in [0.4, 0.5) is 23.5 Å². The number of hydrogen-bond acceptors (Lipinski definition) is 19. The average molecular weight is 1090 g/mol. The predicted molar refractivity (Wildman–Crippen MR) is 266 cm³/mol. The second-order valence-corrected chi connectivity index (χ2v) is 17.8. The standard InChI is InChI=1S/C17H23N5O.C12H19BrN4O.C5H6BNO2.C4HBrCl2N2.C4H9NO.Li.H2O/c1-2-3-7-19-17-20-11-14(15-6-4-5-8-18-15)16(22-17)21-12-9-13(23)10-12;1-2-3-4-14-12-15-7-10(13)11(17-12)16-8-5-9(18)6-8;8-6(9)5-3-1-2-4-7-5;5-2-1-8-4(7)9-3(2)6;5-3-1-4(6)2-3;;/h4-6,8,11-13,23H,2-3,7,9-10H2,1H3,(H2,19,20,21,22);7-9,18H,2-6H2,1H3,(H2,14,15,16,17);1-4,8-9H;1H;3-4,6H,1-2,5H2;;1H2/q;;;;;+1;/p-1. The van der Waals surface area contributed by atoms with Gasteiger partial charge >= 0.3 is 26.0 Å². The molecule has 0 bridgehead atoms. The summed E-state index contributed by atoms with van der Waals surface area (Å²) in [5.74, 6) is 2.84. The minimum Gasteiger partial charge on any atom is -0.870 e. The molecular weight excluding hydrogens is 1030 g/mol. The molecule has 0 spiro atoms. The number of aromatic nitrogens is 8. The van der Waals surface area contributed by atoms with E-state index >= 15 is 0 Å². The molecule has 3 fully saturated rings. The number of unbranched alkanes of at least 4 members (excludes halogenated alkanes) is 2. The maximum Gasteiger partial charge on any atom is 1.00 e. The quantitative estimate of drug-likeness (QED) is 0.0331. The molecule has 5 aromatic heterocycles. The molecule has 3 aliphatic carbocycles. The van der Waals surface area contributed by atoms with Crippen LogP contribution in [0.2, 0.25) is 10.4 Å². The normalized spacial score (nSPS) is 19.4. The maximum absolute atomic E-state index is 9.48. The average Bonchev–Trinajstić information content (AvgIpc) is 3.26. The van der Waals surface area contributed by atoms with E-state index in [1.165, 1.54) is 12.4 Å².